The van der Waals surface area contributed by atoms with Gasteiger partial charge in [0.05, 0.1) is 11.4 Å². The first-order chi connectivity index (χ1) is 14.1. The first kappa shape index (κ1) is 19.1. The summed E-state index contributed by atoms with van der Waals surface area (Å²) in [6.07, 6.45) is 0. The number of aryl methyl sites for hydroxylation is 1. The molecule has 2 aromatic carbocycles. The molecule has 1 N–H and O–H groups in total. The third-order valence-corrected chi connectivity index (χ3v) is 5.23. The number of carbonyl (C=O) groups excluding carboxylic acids is 1. The fourth-order valence-electron chi connectivity index (χ4n) is 3.53. The van der Waals surface area contributed by atoms with Crippen LogP contribution in [0.1, 0.15) is 23.1 Å². The van der Waals surface area contributed by atoms with Crippen LogP contribution >= 0.6 is 0 Å². The first-order valence-electron chi connectivity index (χ1n) is 9.92. The summed E-state index contributed by atoms with van der Waals surface area (Å²) in [6, 6.07) is 15.2. The van der Waals surface area contributed by atoms with E-state index in [2.05, 4.69) is 38.2 Å². The number of hydrogen-bond acceptors (Lipinski definition) is 6. The van der Waals surface area contributed by atoms with Crippen LogP contribution in [0.4, 0.5) is 11.4 Å². The number of likely N-dealkylation sites (N-methyl/N-ethyl adjacent to an activating group) is 1. The van der Waals surface area contributed by atoms with E-state index >= 15 is 0 Å². The van der Waals surface area contributed by atoms with Crippen LogP contribution < -0.4 is 10.2 Å². The quantitative estimate of drug-likeness (QED) is 0.718. The third kappa shape index (κ3) is 4.30. The predicted molar refractivity (Wildman–Crippen MR) is 113 cm³/mol. The monoisotopic (exact) mass is 391 g/mol. The molecule has 0 unspecified atom stereocenters. The number of para-hydroxylation sites is 2. The van der Waals surface area contributed by atoms with Gasteiger partial charge < -0.3 is 19.6 Å². The van der Waals surface area contributed by atoms with E-state index in [4.69, 9.17) is 4.52 Å². The Kier molecular flexibility index (Phi) is 5.57. The van der Waals surface area contributed by atoms with Crippen molar-refractivity contribution in [1.82, 2.24) is 15.0 Å². The zero-order chi connectivity index (χ0) is 20.2. The van der Waals surface area contributed by atoms with Crippen LogP contribution in [0.2, 0.25) is 0 Å². The number of anilines is 2. The molecule has 0 radical (unpaired) electrons. The average Bonchev–Trinajstić information content (AvgIpc) is 3.20. The van der Waals surface area contributed by atoms with Crippen molar-refractivity contribution in [2.24, 2.45) is 0 Å². The van der Waals surface area contributed by atoms with Gasteiger partial charge in [0.1, 0.15) is 0 Å². The lowest BCUT2D eigenvalue weighted by Gasteiger charge is -2.36. The Bertz CT molecular complexity index is 975. The SMILES string of the molecule is CCN1CCN(c2ccccc2NC(=O)c2ccc(-c3nc(C)no3)cc2)CC1. The van der Waals surface area contributed by atoms with Crippen LogP contribution in [-0.4, -0.2) is 53.7 Å². The summed E-state index contributed by atoms with van der Waals surface area (Å²) in [5.41, 5.74) is 3.26. The molecule has 1 saturated heterocycles. The highest BCUT2D eigenvalue weighted by atomic mass is 16.5. The second-order valence-electron chi connectivity index (χ2n) is 7.12. The number of piperazine rings is 1. The largest absolute Gasteiger partial charge is 0.367 e. The number of aromatic nitrogens is 2. The van der Waals surface area contributed by atoms with Crippen molar-refractivity contribution in [1.29, 1.82) is 0 Å². The second kappa shape index (κ2) is 8.45. The molecular formula is C22H25N5O2. The topological polar surface area (TPSA) is 74.5 Å². The summed E-state index contributed by atoms with van der Waals surface area (Å²) < 4.78 is 5.17. The zero-order valence-electron chi connectivity index (χ0n) is 16.8. The fraction of sp³-hybridized carbons (Fsp3) is 0.318. The smallest absolute Gasteiger partial charge is 0.257 e. The highest BCUT2D eigenvalue weighted by molar-refractivity contribution is 6.06. The van der Waals surface area contributed by atoms with E-state index in [1.54, 1.807) is 19.1 Å². The molecule has 150 valence electrons. The molecule has 0 atom stereocenters. The fourth-order valence-corrected chi connectivity index (χ4v) is 3.53. The molecule has 7 heteroatoms. The Labute approximate surface area is 170 Å². The Hall–Kier alpha value is -3.19. The van der Waals surface area contributed by atoms with E-state index in [0.29, 0.717) is 17.3 Å². The number of rotatable bonds is 5. The van der Waals surface area contributed by atoms with Crippen molar-refractivity contribution in [2.75, 3.05) is 42.9 Å². The molecule has 0 spiro atoms. The van der Waals surface area contributed by atoms with Gasteiger partial charge in [0.15, 0.2) is 5.82 Å². The van der Waals surface area contributed by atoms with E-state index in [1.807, 2.05) is 30.3 Å². The second-order valence-corrected chi connectivity index (χ2v) is 7.12. The number of hydrogen-bond donors (Lipinski definition) is 1. The maximum atomic E-state index is 12.8. The summed E-state index contributed by atoms with van der Waals surface area (Å²) in [5, 5.41) is 6.86. The molecule has 3 aromatic rings. The molecule has 4 rings (SSSR count). The maximum absolute atomic E-state index is 12.8. The van der Waals surface area contributed by atoms with Gasteiger partial charge in [0, 0.05) is 37.3 Å². The van der Waals surface area contributed by atoms with Crippen molar-refractivity contribution in [3.05, 3.63) is 59.9 Å². The number of nitrogens with one attached hydrogen (secondary N) is 1. The summed E-state index contributed by atoms with van der Waals surface area (Å²) in [6.45, 7) is 9.03. The maximum Gasteiger partial charge on any atom is 0.257 e. The molecule has 0 saturated carbocycles. The number of benzene rings is 2. The Morgan fingerprint density at radius 1 is 1.07 bits per heavy atom. The van der Waals surface area contributed by atoms with Crippen LogP contribution in [0.25, 0.3) is 11.5 Å². The Morgan fingerprint density at radius 3 is 2.45 bits per heavy atom. The van der Waals surface area contributed by atoms with Crippen LogP contribution in [0, 0.1) is 6.92 Å². The van der Waals surface area contributed by atoms with E-state index in [0.717, 1.165) is 49.7 Å². The molecule has 0 aliphatic carbocycles. The van der Waals surface area contributed by atoms with E-state index in [9.17, 15) is 4.79 Å². The molecule has 1 amide bonds. The molecular weight excluding hydrogens is 366 g/mol. The minimum atomic E-state index is -0.141. The summed E-state index contributed by atoms with van der Waals surface area (Å²) in [7, 11) is 0. The van der Waals surface area contributed by atoms with Gasteiger partial charge in [-0.25, -0.2) is 0 Å². The summed E-state index contributed by atoms with van der Waals surface area (Å²) >= 11 is 0. The van der Waals surface area contributed by atoms with Crippen molar-refractivity contribution in [3.63, 3.8) is 0 Å². The summed E-state index contributed by atoms with van der Waals surface area (Å²) in [5.74, 6) is 0.891. The molecule has 1 fully saturated rings. The third-order valence-electron chi connectivity index (χ3n) is 5.23. The lowest BCUT2D eigenvalue weighted by molar-refractivity contribution is 0.102. The standard InChI is InChI=1S/C22H25N5O2/c1-3-26-12-14-27(15-13-26)20-7-5-4-6-19(20)24-21(28)17-8-10-18(11-9-17)22-23-16(2)25-29-22/h4-11H,3,12-15H2,1-2H3,(H,24,28). The van der Waals surface area contributed by atoms with Gasteiger partial charge in [-0.2, -0.15) is 4.98 Å². The van der Waals surface area contributed by atoms with Gasteiger partial charge in [-0.1, -0.05) is 24.2 Å². The Morgan fingerprint density at radius 2 is 1.79 bits per heavy atom. The molecule has 1 aromatic heterocycles. The molecule has 0 bridgehead atoms. The lowest BCUT2D eigenvalue weighted by atomic mass is 10.1. The van der Waals surface area contributed by atoms with Crippen molar-refractivity contribution >= 4 is 17.3 Å². The van der Waals surface area contributed by atoms with E-state index in [1.165, 1.54) is 0 Å². The highest BCUT2D eigenvalue weighted by Gasteiger charge is 2.19. The van der Waals surface area contributed by atoms with Gasteiger partial charge in [-0.3, -0.25) is 4.79 Å². The van der Waals surface area contributed by atoms with E-state index < -0.39 is 0 Å². The molecule has 29 heavy (non-hydrogen) atoms. The van der Waals surface area contributed by atoms with Crippen LogP contribution in [-0.2, 0) is 0 Å². The number of amides is 1. The van der Waals surface area contributed by atoms with Crippen LogP contribution in [0.5, 0.6) is 0 Å². The van der Waals surface area contributed by atoms with Gasteiger partial charge in [0.25, 0.3) is 11.8 Å². The van der Waals surface area contributed by atoms with E-state index in [-0.39, 0.29) is 5.91 Å². The average molecular weight is 391 g/mol. The minimum absolute atomic E-state index is 0.141. The normalized spacial score (nSPS) is 14.8. The number of nitrogens with zero attached hydrogens (tertiary/aromatic N) is 4. The predicted octanol–water partition coefficient (Wildman–Crippen LogP) is 3.44. The molecule has 1 aliphatic rings. The molecule has 1 aliphatic heterocycles. The first-order valence-corrected chi connectivity index (χ1v) is 9.92. The lowest BCUT2D eigenvalue weighted by Crippen LogP contribution is -2.46. The Balaban J connectivity index is 1.47. The van der Waals surface area contributed by atoms with Crippen molar-refractivity contribution in [3.8, 4) is 11.5 Å². The summed E-state index contributed by atoms with van der Waals surface area (Å²) in [4.78, 5) is 21.8. The highest BCUT2D eigenvalue weighted by Crippen LogP contribution is 2.27. The van der Waals surface area contributed by atoms with Gasteiger partial charge >= 0.3 is 0 Å². The van der Waals surface area contributed by atoms with Gasteiger partial charge in [0.2, 0.25) is 0 Å². The number of carbonyl (C=O) groups is 1. The van der Waals surface area contributed by atoms with Crippen LogP contribution in [0.15, 0.2) is 53.1 Å². The minimum Gasteiger partial charge on any atom is -0.367 e. The van der Waals surface area contributed by atoms with Crippen LogP contribution in [0.3, 0.4) is 0 Å². The molecule has 7 nitrogen and oxygen atoms in total. The molecule has 2 heterocycles. The van der Waals surface area contributed by atoms with Gasteiger partial charge in [-0.15, -0.1) is 0 Å². The van der Waals surface area contributed by atoms with Crippen molar-refractivity contribution < 1.29 is 9.32 Å². The zero-order valence-corrected chi connectivity index (χ0v) is 16.8. The van der Waals surface area contributed by atoms with Gasteiger partial charge in [-0.05, 0) is 49.9 Å². The van der Waals surface area contributed by atoms with Crippen molar-refractivity contribution in [2.45, 2.75) is 13.8 Å².